The zero-order valence-corrected chi connectivity index (χ0v) is 13.5. The standard InChI is InChI=1S/C15H14BrN3O4/c16-10-1-6-14(20)13(9-10)15(21)18-8-7-17-11-2-4-12(5-3-11)19(22)23/h1-6,9,17,20H,7-8H2,(H,18,21). The highest BCUT2D eigenvalue weighted by Crippen LogP contribution is 2.21. The van der Waals surface area contributed by atoms with Crippen molar-refractivity contribution in [2.45, 2.75) is 0 Å². The molecule has 1 amide bonds. The van der Waals surface area contributed by atoms with E-state index in [1.54, 1.807) is 18.2 Å². The number of halogens is 1. The van der Waals surface area contributed by atoms with Crippen LogP contribution in [0.15, 0.2) is 46.9 Å². The Labute approximate surface area is 140 Å². The third-order valence-corrected chi connectivity index (χ3v) is 3.51. The van der Waals surface area contributed by atoms with Gasteiger partial charge in [-0.3, -0.25) is 14.9 Å². The number of phenolic OH excluding ortho intramolecular Hbond substituents is 1. The SMILES string of the molecule is O=C(NCCNc1ccc([N+](=O)[O-])cc1)c1cc(Br)ccc1O. The maximum atomic E-state index is 12.0. The molecule has 0 spiro atoms. The Morgan fingerprint density at radius 3 is 2.52 bits per heavy atom. The highest BCUT2D eigenvalue weighted by molar-refractivity contribution is 9.10. The number of aromatic hydroxyl groups is 1. The highest BCUT2D eigenvalue weighted by atomic mass is 79.9. The predicted octanol–water partition coefficient (Wildman–Crippen LogP) is 2.90. The lowest BCUT2D eigenvalue weighted by Crippen LogP contribution is -2.28. The molecule has 2 aromatic rings. The van der Waals surface area contributed by atoms with E-state index in [1.165, 1.54) is 24.3 Å². The molecular formula is C15H14BrN3O4. The summed E-state index contributed by atoms with van der Waals surface area (Å²) in [6, 6.07) is 10.6. The molecule has 8 heteroatoms. The first-order chi connectivity index (χ1) is 11.0. The highest BCUT2D eigenvalue weighted by Gasteiger charge is 2.10. The van der Waals surface area contributed by atoms with Crippen LogP contribution in [0.4, 0.5) is 11.4 Å². The molecule has 0 aliphatic rings. The summed E-state index contributed by atoms with van der Waals surface area (Å²) in [6.07, 6.45) is 0. The van der Waals surface area contributed by atoms with Gasteiger partial charge in [0.05, 0.1) is 10.5 Å². The minimum Gasteiger partial charge on any atom is -0.507 e. The molecule has 2 rings (SSSR count). The molecule has 23 heavy (non-hydrogen) atoms. The second kappa shape index (κ2) is 7.59. The second-order valence-electron chi connectivity index (χ2n) is 4.65. The minimum atomic E-state index is -0.464. The molecule has 7 nitrogen and oxygen atoms in total. The third-order valence-electron chi connectivity index (χ3n) is 3.02. The normalized spacial score (nSPS) is 10.1. The quantitative estimate of drug-likeness (QED) is 0.406. The van der Waals surface area contributed by atoms with Gasteiger partial charge in [0.2, 0.25) is 0 Å². The number of phenols is 1. The van der Waals surface area contributed by atoms with Crippen LogP contribution in [0.1, 0.15) is 10.4 Å². The van der Waals surface area contributed by atoms with Crippen LogP contribution in [0.3, 0.4) is 0 Å². The van der Waals surface area contributed by atoms with Crippen LogP contribution in [0, 0.1) is 10.1 Å². The van der Waals surface area contributed by atoms with Crippen LogP contribution >= 0.6 is 15.9 Å². The summed E-state index contributed by atoms with van der Waals surface area (Å²) in [5, 5.41) is 25.9. The van der Waals surface area contributed by atoms with E-state index < -0.39 is 4.92 Å². The number of nitro groups is 1. The minimum absolute atomic E-state index is 0.0222. The van der Waals surface area contributed by atoms with E-state index in [1.807, 2.05) is 0 Å². The number of nitrogens with one attached hydrogen (secondary N) is 2. The monoisotopic (exact) mass is 379 g/mol. The van der Waals surface area contributed by atoms with Crippen LogP contribution in [-0.4, -0.2) is 29.0 Å². The average Bonchev–Trinajstić information content (AvgIpc) is 2.54. The zero-order valence-electron chi connectivity index (χ0n) is 12.0. The van der Waals surface area contributed by atoms with Gasteiger partial charge in [-0.1, -0.05) is 15.9 Å². The van der Waals surface area contributed by atoms with E-state index in [0.717, 1.165) is 5.69 Å². The molecule has 120 valence electrons. The van der Waals surface area contributed by atoms with Gasteiger partial charge in [-0.15, -0.1) is 0 Å². The van der Waals surface area contributed by atoms with Gasteiger partial charge in [-0.2, -0.15) is 0 Å². The summed E-state index contributed by atoms with van der Waals surface area (Å²) in [7, 11) is 0. The van der Waals surface area contributed by atoms with Crippen molar-refractivity contribution in [2.24, 2.45) is 0 Å². The maximum Gasteiger partial charge on any atom is 0.269 e. The molecule has 2 aromatic carbocycles. The van der Waals surface area contributed by atoms with Crippen LogP contribution in [0.2, 0.25) is 0 Å². The van der Waals surface area contributed by atoms with E-state index in [-0.39, 0.29) is 22.9 Å². The Bertz CT molecular complexity index is 719. The molecule has 0 bridgehead atoms. The number of carbonyl (C=O) groups is 1. The number of hydrogen-bond acceptors (Lipinski definition) is 5. The molecule has 0 heterocycles. The van der Waals surface area contributed by atoms with Crippen molar-refractivity contribution < 1.29 is 14.8 Å². The first-order valence-corrected chi connectivity index (χ1v) is 7.51. The predicted molar refractivity (Wildman–Crippen MR) is 89.7 cm³/mol. The van der Waals surface area contributed by atoms with Crippen molar-refractivity contribution in [3.8, 4) is 5.75 Å². The Balaban J connectivity index is 1.82. The Kier molecular flexibility index (Phi) is 5.53. The zero-order chi connectivity index (χ0) is 16.8. The third kappa shape index (κ3) is 4.68. The van der Waals surface area contributed by atoms with Crippen molar-refractivity contribution in [1.29, 1.82) is 0 Å². The largest absolute Gasteiger partial charge is 0.507 e. The van der Waals surface area contributed by atoms with Crippen molar-refractivity contribution in [2.75, 3.05) is 18.4 Å². The number of carbonyl (C=O) groups excluding carboxylic acids is 1. The summed E-state index contributed by atoms with van der Waals surface area (Å²) in [4.78, 5) is 22.0. The molecule has 0 aliphatic heterocycles. The van der Waals surface area contributed by atoms with Crippen molar-refractivity contribution in [1.82, 2.24) is 5.32 Å². The van der Waals surface area contributed by atoms with Crippen molar-refractivity contribution in [3.05, 3.63) is 62.6 Å². The van der Waals surface area contributed by atoms with Crippen molar-refractivity contribution >= 4 is 33.2 Å². The van der Waals surface area contributed by atoms with E-state index in [9.17, 15) is 20.0 Å². The molecule has 0 unspecified atom stereocenters. The summed E-state index contributed by atoms with van der Waals surface area (Å²) in [5.41, 5.74) is 0.929. The van der Waals surface area contributed by atoms with Crippen LogP contribution in [0.5, 0.6) is 5.75 Å². The van der Waals surface area contributed by atoms with Crippen LogP contribution < -0.4 is 10.6 Å². The molecule has 0 aromatic heterocycles. The van der Waals surface area contributed by atoms with E-state index >= 15 is 0 Å². The molecule has 0 saturated carbocycles. The number of benzene rings is 2. The fraction of sp³-hybridized carbons (Fsp3) is 0.133. The van der Waals surface area contributed by atoms with E-state index in [4.69, 9.17) is 0 Å². The Morgan fingerprint density at radius 2 is 1.87 bits per heavy atom. The number of amides is 1. The molecule has 0 fully saturated rings. The number of rotatable bonds is 6. The molecule has 0 saturated heterocycles. The Hall–Kier alpha value is -2.61. The van der Waals surface area contributed by atoms with Crippen molar-refractivity contribution in [3.63, 3.8) is 0 Å². The summed E-state index contributed by atoms with van der Waals surface area (Å²) >= 11 is 3.24. The lowest BCUT2D eigenvalue weighted by atomic mass is 10.2. The fourth-order valence-electron chi connectivity index (χ4n) is 1.87. The van der Waals surface area contributed by atoms with E-state index in [0.29, 0.717) is 17.6 Å². The van der Waals surface area contributed by atoms with Gasteiger partial charge in [0.25, 0.3) is 11.6 Å². The van der Waals surface area contributed by atoms with Crippen LogP contribution in [-0.2, 0) is 0 Å². The van der Waals surface area contributed by atoms with Gasteiger partial charge < -0.3 is 15.7 Å². The fourth-order valence-corrected chi connectivity index (χ4v) is 2.23. The molecule has 0 atom stereocenters. The first kappa shape index (κ1) is 16.8. The molecule has 0 radical (unpaired) electrons. The number of anilines is 1. The molecule has 0 aliphatic carbocycles. The van der Waals surface area contributed by atoms with E-state index in [2.05, 4.69) is 26.6 Å². The van der Waals surface area contributed by atoms with Gasteiger partial charge >= 0.3 is 0 Å². The van der Waals surface area contributed by atoms with Gasteiger partial charge in [-0.25, -0.2) is 0 Å². The summed E-state index contributed by atoms with van der Waals surface area (Å²) in [6.45, 7) is 0.778. The number of nitrogens with zero attached hydrogens (tertiary/aromatic N) is 1. The van der Waals surface area contributed by atoms with Gasteiger partial charge in [0.1, 0.15) is 5.75 Å². The lowest BCUT2D eigenvalue weighted by Gasteiger charge is -2.09. The Morgan fingerprint density at radius 1 is 1.17 bits per heavy atom. The first-order valence-electron chi connectivity index (χ1n) is 6.72. The van der Waals surface area contributed by atoms with Crippen LogP contribution in [0.25, 0.3) is 0 Å². The van der Waals surface area contributed by atoms with Gasteiger partial charge in [0.15, 0.2) is 0 Å². The smallest absolute Gasteiger partial charge is 0.269 e. The number of non-ortho nitro benzene ring substituents is 1. The topological polar surface area (TPSA) is 104 Å². The number of nitro benzene ring substituents is 1. The lowest BCUT2D eigenvalue weighted by molar-refractivity contribution is -0.384. The molecule has 3 N–H and O–H groups in total. The average molecular weight is 380 g/mol. The maximum absolute atomic E-state index is 12.0. The summed E-state index contributed by atoms with van der Waals surface area (Å²) < 4.78 is 0.699. The molecular weight excluding hydrogens is 366 g/mol. The van der Waals surface area contributed by atoms with Gasteiger partial charge in [0, 0.05) is 35.4 Å². The number of hydrogen-bond donors (Lipinski definition) is 3. The summed E-state index contributed by atoms with van der Waals surface area (Å²) in [5.74, 6) is -0.469. The second-order valence-corrected chi connectivity index (χ2v) is 5.56. The van der Waals surface area contributed by atoms with Gasteiger partial charge in [-0.05, 0) is 30.3 Å².